The first-order chi connectivity index (χ1) is 4.56. The Balaban J connectivity index is 0. The van der Waals surface area contributed by atoms with Crippen LogP contribution in [0.3, 0.4) is 0 Å². The summed E-state index contributed by atoms with van der Waals surface area (Å²) in [5.74, 6) is 0. The van der Waals surface area contributed by atoms with Gasteiger partial charge in [0.25, 0.3) is 0 Å². The summed E-state index contributed by atoms with van der Waals surface area (Å²) in [5.41, 5.74) is 0.542. The molecule has 0 aromatic rings. The predicted molar refractivity (Wildman–Crippen MR) is 54.9 cm³/mol. The first-order valence-electron chi connectivity index (χ1n) is 4.56. The molecule has 1 saturated carbocycles. The molecule has 1 fully saturated rings. The molecule has 1 aliphatic carbocycles. The summed E-state index contributed by atoms with van der Waals surface area (Å²) in [6, 6.07) is 0. The lowest BCUT2D eigenvalue weighted by Crippen LogP contribution is -2.00. The van der Waals surface area contributed by atoms with Crippen LogP contribution >= 0.6 is 0 Å². The lowest BCUT2D eigenvalue weighted by molar-refractivity contribution is 0.398. The van der Waals surface area contributed by atoms with Crippen LogP contribution in [0.2, 0.25) is 0 Å². The van der Waals surface area contributed by atoms with Gasteiger partial charge in [-0.1, -0.05) is 67.2 Å². The maximum atomic E-state index is 2.24. The average Bonchev–Trinajstić information content (AvgIpc) is 1.59. The molecule has 0 bridgehead atoms. The monoisotopic (exact) mass is 158 g/mol. The normalized spacial score (nSPS) is 15.3. The van der Waals surface area contributed by atoms with Gasteiger partial charge in [-0.05, 0) is 5.41 Å². The van der Waals surface area contributed by atoms with Gasteiger partial charge in [-0.2, -0.15) is 0 Å². The van der Waals surface area contributed by atoms with Gasteiger partial charge in [-0.3, -0.25) is 0 Å². The number of hydrogen-bond donors (Lipinski definition) is 0. The van der Waals surface area contributed by atoms with Crippen LogP contribution in [0.5, 0.6) is 0 Å². The first-order valence-corrected chi connectivity index (χ1v) is 4.56. The second kappa shape index (κ2) is 6.69. The first kappa shape index (κ1) is 13.6. The molecule has 1 rings (SSSR count). The van der Waals surface area contributed by atoms with Gasteiger partial charge in [0.15, 0.2) is 0 Å². The Hall–Kier alpha value is 0. The molecule has 0 aromatic carbocycles. The summed E-state index contributed by atoms with van der Waals surface area (Å²) in [4.78, 5) is 0. The van der Waals surface area contributed by atoms with E-state index >= 15 is 0 Å². The molecule has 0 atom stereocenters. The maximum Gasteiger partial charge on any atom is -0.0385 e. The van der Waals surface area contributed by atoms with Crippen LogP contribution in [0.25, 0.3) is 0 Å². The summed E-state index contributed by atoms with van der Waals surface area (Å²) >= 11 is 0. The number of hydrogen-bond acceptors (Lipinski definition) is 0. The molecule has 0 nitrogen and oxygen atoms in total. The number of rotatable bonds is 0. The van der Waals surface area contributed by atoms with E-state index in [1.807, 2.05) is 0 Å². The molecule has 0 radical (unpaired) electrons. The van der Waals surface area contributed by atoms with Crippen molar-refractivity contribution in [2.24, 2.45) is 5.41 Å². The Labute approximate surface area is 73.4 Å². The third kappa shape index (κ3) is 13.1. The van der Waals surface area contributed by atoms with Crippen molar-refractivity contribution in [3.63, 3.8) is 0 Å². The fourth-order valence-electron chi connectivity index (χ4n) is 0.250. The lowest BCUT2D eigenvalue weighted by atomic mass is 9.94. The minimum absolute atomic E-state index is 0. The molecule has 0 N–H and O–H groups in total. The third-order valence-corrected chi connectivity index (χ3v) is 2.06. The van der Waals surface area contributed by atoms with Gasteiger partial charge >= 0.3 is 0 Å². The molecule has 0 aromatic heterocycles. The minimum atomic E-state index is 0. The van der Waals surface area contributed by atoms with Crippen molar-refractivity contribution in [3.8, 4) is 0 Å². The van der Waals surface area contributed by atoms with E-state index < -0.39 is 0 Å². The molecule has 0 heteroatoms. The lowest BCUT2D eigenvalue weighted by Gasteiger charge is -2.12. The van der Waals surface area contributed by atoms with Crippen molar-refractivity contribution in [1.29, 1.82) is 0 Å². The fourth-order valence-corrected chi connectivity index (χ4v) is 0.250. The molecule has 0 spiro atoms. The zero-order valence-corrected chi connectivity index (χ0v) is 8.04. The molecular formula is C11H26. The van der Waals surface area contributed by atoms with E-state index in [9.17, 15) is 0 Å². The van der Waals surface area contributed by atoms with Gasteiger partial charge in [0.05, 0.1) is 0 Å². The zero-order chi connectivity index (χ0) is 8.04. The van der Waals surface area contributed by atoms with E-state index in [1.165, 1.54) is 32.1 Å². The SMILES string of the molecule is C.C1CCC1.CCC(C)(C)C. The Morgan fingerprint density at radius 2 is 1.09 bits per heavy atom. The minimum Gasteiger partial charge on any atom is -0.0776 e. The largest absolute Gasteiger partial charge is 0.0776 e. The van der Waals surface area contributed by atoms with Crippen LogP contribution in [0.1, 0.15) is 67.2 Å². The highest BCUT2D eigenvalue weighted by atomic mass is 14.1. The van der Waals surface area contributed by atoms with Crippen LogP contribution in [-0.2, 0) is 0 Å². The highest BCUT2D eigenvalue weighted by Gasteiger charge is 2.03. The van der Waals surface area contributed by atoms with E-state index in [0.717, 1.165) is 0 Å². The van der Waals surface area contributed by atoms with Gasteiger partial charge in [-0.15, -0.1) is 0 Å². The Bertz CT molecular complexity index is 58.6. The predicted octanol–water partition coefficient (Wildman–Crippen LogP) is 4.64. The van der Waals surface area contributed by atoms with E-state index in [2.05, 4.69) is 27.7 Å². The van der Waals surface area contributed by atoms with Crippen LogP contribution < -0.4 is 0 Å². The molecular weight excluding hydrogens is 132 g/mol. The molecule has 70 valence electrons. The standard InChI is InChI=1S/C6H14.C4H8.CH4/c1-5-6(2,3)4;1-2-4-3-1;/h5H2,1-4H3;1-4H2;1H4. The fraction of sp³-hybridized carbons (Fsp3) is 1.00. The van der Waals surface area contributed by atoms with Crippen molar-refractivity contribution in [2.45, 2.75) is 67.2 Å². The molecule has 0 unspecified atom stereocenters. The van der Waals surface area contributed by atoms with Crippen LogP contribution in [-0.4, -0.2) is 0 Å². The van der Waals surface area contributed by atoms with Crippen LogP contribution in [0, 0.1) is 5.41 Å². The zero-order valence-electron chi connectivity index (χ0n) is 8.04. The molecule has 0 amide bonds. The van der Waals surface area contributed by atoms with Crippen molar-refractivity contribution < 1.29 is 0 Å². The highest BCUT2D eigenvalue weighted by molar-refractivity contribution is 4.55. The molecule has 0 saturated heterocycles. The molecule has 1 aliphatic rings. The summed E-state index contributed by atoms with van der Waals surface area (Å²) in [6.07, 6.45) is 7.27. The Morgan fingerprint density at radius 1 is 0.909 bits per heavy atom. The van der Waals surface area contributed by atoms with Gasteiger partial charge in [0.1, 0.15) is 0 Å². The van der Waals surface area contributed by atoms with Gasteiger partial charge < -0.3 is 0 Å². The van der Waals surface area contributed by atoms with E-state index in [4.69, 9.17) is 0 Å². The Morgan fingerprint density at radius 3 is 1.09 bits per heavy atom. The second-order valence-electron chi connectivity index (χ2n) is 4.33. The molecule has 0 aliphatic heterocycles. The highest BCUT2D eigenvalue weighted by Crippen LogP contribution is 2.16. The summed E-state index contributed by atoms with van der Waals surface area (Å²) in [6.45, 7) is 8.94. The van der Waals surface area contributed by atoms with Gasteiger partial charge in [-0.25, -0.2) is 0 Å². The smallest absolute Gasteiger partial charge is 0.0385 e. The van der Waals surface area contributed by atoms with Crippen LogP contribution in [0.4, 0.5) is 0 Å². The van der Waals surface area contributed by atoms with E-state index in [-0.39, 0.29) is 7.43 Å². The molecule has 11 heavy (non-hydrogen) atoms. The van der Waals surface area contributed by atoms with Crippen molar-refractivity contribution in [3.05, 3.63) is 0 Å². The Kier molecular flexibility index (Phi) is 8.26. The van der Waals surface area contributed by atoms with Gasteiger partial charge in [0.2, 0.25) is 0 Å². The van der Waals surface area contributed by atoms with Crippen molar-refractivity contribution in [1.82, 2.24) is 0 Å². The topological polar surface area (TPSA) is 0 Å². The second-order valence-corrected chi connectivity index (χ2v) is 4.33. The summed E-state index contributed by atoms with van der Waals surface area (Å²) in [7, 11) is 0. The van der Waals surface area contributed by atoms with Crippen molar-refractivity contribution >= 4 is 0 Å². The van der Waals surface area contributed by atoms with E-state index in [1.54, 1.807) is 0 Å². The quantitative estimate of drug-likeness (QED) is 0.482. The van der Waals surface area contributed by atoms with Crippen LogP contribution in [0.15, 0.2) is 0 Å². The maximum absolute atomic E-state index is 2.24. The molecule has 0 heterocycles. The van der Waals surface area contributed by atoms with Gasteiger partial charge in [0, 0.05) is 0 Å². The summed E-state index contributed by atoms with van der Waals surface area (Å²) < 4.78 is 0. The third-order valence-electron chi connectivity index (χ3n) is 2.06. The summed E-state index contributed by atoms with van der Waals surface area (Å²) in [5, 5.41) is 0. The van der Waals surface area contributed by atoms with E-state index in [0.29, 0.717) is 5.41 Å². The van der Waals surface area contributed by atoms with Crippen molar-refractivity contribution in [2.75, 3.05) is 0 Å². The average molecular weight is 158 g/mol.